The second kappa shape index (κ2) is 8.81. The summed E-state index contributed by atoms with van der Waals surface area (Å²) in [6, 6.07) is 16.3. The van der Waals surface area contributed by atoms with E-state index in [4.69, 9.17) is 4.74 Å². The van der Waals surface area contributed by atoms with Gasteiger partial charge in [-0.1, -0.05) is 23.9 Å². The lowest BCUT2D eigenvalue weighted by molar-refractivity contribution is 0.0975. The maximum absolute atomic E-state index is 13.2. The molecule has 0 radical (unpaired) electrons. The number of anilines is 2. The van der Waals surface area contributed by atoms with Crippen molar-refractivity contribution in [2.45, 2.75) is 36.7 Å². The fourth-order valence-electron chi connectivity index (χ4n) is 3.50. The summed E-state index contributed by atoms with van der Waals surface area (Å²) in [6.07, 6.45) is 1.68. The number of hydrogen-bond donors (Lipinski definition) is 1. The first-order valence-corrected chi connectivity index (χ1v) is 10.9. The van der Waals surface area contributed by atoms with Gasteiger partial charge >= 0.3 is 0 Å². The summed E-state index contributed by atoms with van der Waals surface area (Å²) in [5, 5.41) is 3.61. The van der Waals surface area contributed by atoms with Crippen molar-refractivity contribution in [3.8, 4) is 5.75 Å². The Balaban J connectivity index is 1.70. The lowest BCUT2D eigenvalue weighted by Gasteiger charge is -2.27. The number of hydrogen-bond acceptors (Lipinski definition) is 5. The van der Waals surface area contributed by atoms with E-state index in [0.29, 0.717) is 34.2 Å². The Morgan fingerprint density at radius 2 is 1.97 bits per heavy atom. The molecule has 1 aromatic heterocycles. The second-order valence-electron chi connectivity index (χ2n) is 7.29. The van der Waals surface area contributed by atoms with Gasteiger partial charge in [0.15, 0.2) is 0 Å². The molecule has 0 fully saturated rings. The predicted octanol–water partition coefficient (Wildman–Crippen LogP) is 5.25. The number of nitrogens with one attached hydrogen (secondary N) is 1. The molecule has 31 heavy (non-hydrogen) atoms. The lowest BCUT2D eigenvalue weighted by Crippen LogP contribution is -2.37. The summed E-state index contributed by atoms with van der Waals surface area (Å²) in [4.78, 5) is 33.1. The van der Waals surface area contributed by atoms with E-state index in [0.717, 1.165) is 10.6 Å². The zero-order chi connectivity index (χ0) is 22.0. The highest BCUT2D eigenvalue weighted by Gasteiger charge is 2.30. The molecular formula is C24H23N3O3S. The first kappa shape index (κ1) is 20.9. The van der Waals surface area contributed by atoms with Gasteiger partial charge in [0.25, 0.3) is 11.8 Å². The predicted molar refractivity (Wildman–Crippen MR) is 122 cm³/mol. The fourth-order valence-corrected chi connectivity index (χ4v) is 4.54. The maximum atomic E-state index is 13.2. The molecule has 0 unspecified atom stereocenters. The molecular weight excluding hydrogens is 410 g/mol. The Morgan fingerprint density at radius 1 is 1.16 bits per heavy atom. The van der Waals surface area contributed by atoms with Crippen LogP contribution in [-0.4, -0.2) is 29.4 Å². The van der Waals surface area contributed by atoms with Crippen LogP contribution in [-0.2, 0) is 0 Å². The van der Waals surface area contributed by atoms with Crippen LogP contribution < -0.4 is 15.0 Å². The Hall–Kier alpha value is -3.32. The first-order chi connectivity index (χ1) is 15.0. The molecule has 1 aliphatic rings. The molecule has 0 atom stereocenters. The molecule has 6 nitrogen and oxygen atoms in total. The molecule has 4 rings (SSSR count). The summed E-state index contributed by atoms with van der Waals surface area (Å²) in [5.41, 5.74) is 2.49. The Labute approximate surface area is 185 Å². The van der Waals surface area contributed by atoms with Crippen LogP contribution in [0.4, 0.5) is 11.4 Å². The largest absolute Gasteiger partial charge is 0.493 e. The second-order valence-corrected chi connectivity index (χ2v) is 8.32. The molecule has 0 saturated carbocycles. The Bertz CT molecular complexity index is 1150. The quantitative estimate of drug-likeness (QED) is 0.595. The van der Waals surface area contributed by atoms with Crippen molar-refractivity contribution in [2.24, 2.45) is 0 Å². The molecule has 0 saturated heterocycles. The third-order valence-electron chi connectivity index (χ3n) is 4.85. The Kier molecular flexibility index (Phi) is 5.95. The van der Waals surface area contributed by atoms with Gasteiger partial charge in [-0.05, 0) is 63.2 Å². The van der Waals surface area contributed by atoms with Gasteiger partial charge in [0, 0.05) is 22.8 Å². The number of rotatable bonds is 5. The number of ether oxygens (including phenoxy) is 1. The normalized spacial score (nSPS) is 12.8. The highest BCUT2D eigenvalue weighted by Crippen LogP contribution is 2.42. The van der Waals surface area contributed by atoms with E-state index < -0.39 is 0 Å². The minimum absolute atomic E-state index is 0.0310. The monoisotopic (exact) mass is 433 g/mol. The smallest absolute Gasteiger partial charge is 0.261 e. The standard InChI is InChI=1S/C24H23N3O3S/c1-4-30-20-10-6-5-8-17(20)22(28)26-16-11-12-19-21(14-16)31-23-18(9-7-13-25-23)24(29)27(19)15(2)3/h5-15H,4H2,1-3H3,(H,26,28). The van der Waals surface area contributed by atoms with E-state index in [9.17, 15) is 9.59 Å². The van der Waals surface area contributed by atoms with Crippen molar-refractivity contribution in [1.82, 2.24) is 4.98 Å². The van der Waals surface area contributed by atoms with Crippen LogP contribution >= 0.6 is 11.8 Å². The summed E-state index contributed by atoms with van der Waals surface area (Å²) >= 11 is 1.43. The van der Waals surface area contributed by atoms with Gasteiger partial charge in [-0.2, -0.15) is 0 Å². The topological polar surface area (TPSA) is 71.5 Å². The molecule has 0 bridgehead atoms. The van der Waals surface area contributed by atoms with Crippen LogP contribution in [0.15, 0.2) is 70.7 Å². The fraction of sp³-hybridized carbons (Fsp3) is 0.208. The van der Waals surface area contributed by atoms with E-state index >= 15 is 0 Å². The number of amides is 2. The van der Waals surface area contributed by atoms with Crippen LogP contribution in [0.3, 0.4) is 0 Å². The molecule has 0 spiro atoms. The zero-order valence-electron chi connectivity index (χ0n) is 17.6. The van der Waals surface area contributed by atoms with Gasteiger partial charge < -0.3 is 15.0 Å². The van der Waals surface area contributed by atoms with Gasteiger partial charge in [0.1, 0.15) is 10.8 Å². The average molecular weight is 434 g/mol. The van der Waals surface area contributed by atoms with Gasteiger partial charge in [-0.3, -0.25) is 9.59 Å². The molecule has 158 valence electrons. The van der Waals surface area contributed by atoms with Crippen LogP contribution in [0, 0.1) is 0 Å². The minimum Gasteiger partial charge on any atom is -0.493 e. The van der Waals surface area contributed by atoms with E-state index in [-0.39, 0.29) is 17.9 Å². The van der Waals surface area contributed by atoms with Gasteiger partial charge in [-0.15, -0.1) is 0 Å². The molecule has 1 N–H and O–H groups in total. The zero-order valence-corrected chi connectivity index (χ0v) is 18.4. The number of aromatic nitrogens is 1. The third-order valence-corrected chi connectivity index (χ3v) is 5.92. The van der Waals surface area contributed by atoms with Crippen molar-refractivity contribution in [3.63, 3.8) is 0 Å². The number of carbonyl (C=O) groups excluding carboxylic acids is 2. The molecule has 2 aromatic carbocycles. The number of para-hydroxylation sites is 1. The summed E-state index contributed by atoms with van der Waals surface area (Å²) in [5.74, 6) is 0.214. The maximum Gasteiger partial charge on any atom is 0.261 e. The van der Waals surface area contributed by atoms with Crippen LogP contribution in [0.2, 0.25) is 0 Å². The number of nitrogens with zero attached hydrogens (tertiary/aromatic N) is 2. The lowest BCUT2D eigenvalue weighted by atomic mass is 10.1. The molecule has 0 aliphatic carbocycles. The van der Waals surface area contributed by atoms with Crippen LogP contribution in [0.1, 0.15) is 41.5 Å². The van der Waals surface area contributed by atoms with Crippen molar-refractivity contribution in [3.05, 3.63) is 71.9 Å². The molecule has 2 heterocycles. The molecule has 2 amide bonds. The van der Waals surface area contributed by atoms with E-state index in [1.807, 2.05) is 45.0 Å². The Morgan fingerprint density at radius 3 is 2.74 bits per heavy atom. The third kappa shape index (κ3) is 4.14. The number of benzene rings is 2. The van der Waals surface area contributed by atoms with E-state index in [1.54, 1.807) is 41.4 Å². The highest BCUT2D eigenvalue weighted by atomic mass is 32.2. The summed E-state index contributed by atoms with van der Waals surface area (Å²) in [7, 11) is 0. The average Bonchev–Trinajstić information content (AvgIpc) is 2.88. The van der Waals surface area contributed by atoms with E-state index in [2.05, 4.69) is 10.3 Å². The van der Waals surface area contributed by atoms with Crippen molar-refractivity contribution < 1.29 is 14.3 Å². The molecule has 3 aromatic rings. The van der Waals surface area contributed by atoms with E-state index in [1.165, 1.54) is 11.8 Å². The SMILES string of the molecule is CCOc1ccccc1C(=O)Nc1ccc2c(c1)Sc1ncccc1C(=O)N2C(C)C. The number of pyridine rings is 1. The van der Waals surface area contributed by atoms with Gasteiger partial charge in [0.2, 0.25) is 0 Å². The highest BCUT2D eigenvalue weighted by molar-refractivity contribution is 7.99. The van der Waals surface area contributed by atoms with Crippen LogP contribution in [0.25, 0.3) is 0 Å². The van der Waals surface area contributed by atoms with Crippen molar-refractivity contribution in [1.29, 1.82) is 0 Å². The number of fused-ring (bicyclic) bond motifs is 2. The van der Waals surface area contributed by atoms with Gasteiger partial charge in [0.05, 0.1) is 23.4 Å². The van der Waals surface area contributed by atoms with Crippen molar-refractivity contribution >= 4 is 35.0 Å². The summed E-state index contributed by atoms with van der Waals surface area (Å²) < 4.78 is 5.58. The minimum atomic E-state index is -0.252. The molecule has 7 heteroatoms. The molecule has 1 aliphatic heterocycles. The van der Waals surface area contributed by atoms with Gasteiger partial charge in [-0.25, -0.2) is 4.98 Å². The van der Waals surface area contributed by atoms with Crippen molar-refractivity contribution in [2.75, 3.05) is 16.8 Å². The first-order valence-electron chi connectivity index (χ1n) is 10.1. The van der Waals surface area contributed by atoms with Crippen LogP contribution in [0.5, 0.6) is 5.75 Å². The number of carbonyl (C=O) groups is 2. The summed E-state index contributed by atoms with van der Waals surface area (Å²) in [6.45, 7) is 6.32.